The summed E-state index contributed by atoms with van der Waals surface area (Å²) in [6.45, 7) is -1.88. The summed E-state index contributed by atoms with van der Waals surface area (Å²) < 4.78 is 99.4. The molecule has 146 valence electrons. The molecule has 0 unspecified atom stereocenters. The minimum atomic E-state index is -5.84. The van der Waals surface area contributed by atoms with Crippen molar-refractivity contribution in [2.24, 2.45) is 0 Å². The van der Waals surface area contributed by atoms with Crippen LogP contribution in [0.4, 0.5) is 32.0 Å². The molecule has 0 saturated carbocycles. The van der Waals surface area contributed by atoms with Crippen LogP contribution in [0.1, 0.15) is 0 Å². The number of halogens is 6. The van der Waals surface area contributed by atoms with Gasteiger partial charge >= 0.3 is 17.7 Å². The summed E-state index contributed by atoms with van der Waals surface area (Å²) in [7, 11) is -5.84. The lowest BCUT2D eigenvalue weighted by Gasteiger charge is -2.10. The number of nitro benzene ring substituents is 1. The zero-order valence-corrected chi connectivity index (χ0v) is 13.8. The second kappa shape index (κ2) is 7.69. The quantitative estimate of drug-likeness (QED) is 0.226. The van der Waals surface area contributed by atoms with Gasteiger partial charge in [0.15, 0.2) is 6.61 Å². The molecule has 0 bridgehead atoms. The molecule has 0 aliphatic carbocycles. The third-order valence-corrected chi connectivity index (χ3v) is 5.00. The summed E-state index contributed by atoms with van der Waals surface area (Å²) in [5.74, 6) is -2.20. The number of esters is 1. The molecule has 1 aromatic rings. The van der Waals surface area contributed by atoms with Crippen molar-refractivity contribution >= 4 is 33.3 Å². The number of hydrogen-bond acceptors (Lipinski definition) is 7. The summed E-state index contributed by atoms with van der Waals surface area (Å²) in [6.07, 6.45) is -4.78. The van der Waals surface area contributed by atoms with E-state index >= 15 is 0 Å². The zero-order chi connectivity index (χ0) is 20.3. The average molecular weight is 427 g/mol. The molecule has 1 aromatic carbocycles. The fourth-order valence-corrected chi connectivity index (χ4v) is 2.99. The maximum atomic E-state index is 12.5. The van der Waals surface area contributed by atoms with Gasteiger partial charge in [-0.05, 0) is 12.1 Å². The monoisotopic (exact) mass is 427 g/mol. The van der Waals surface area contributed by atoms with Gasteiger partial charge in [-0.3, -0.25) is 14.9 Å². The minimum Gasteiger partial charge on any atom is -0.455 e. The molecule has 0 atom stereocenters. The Morgan fingerprint density at radius 1 is 1.19 bits per heavy atom. The Morgan fingerprint density at radius 2 is 1.77 bits per heavy atom. The lowest BCUT2D eigenvalue weighted by Crippen LogP contribution is -2.23. The average Bonchev–Trinajstić information content (AvgIpc) is 2.48. The molecule has 26 heavy (non-hydrogen) atoms. The van der Waals surface area contributed by atoms with Crippen molar-refractivity contribution in [3.63, 3.8) is 0 Å². The van der Waals surface area contributed by atoms with Gasteiger partial charge < -0.3 is 4.74 Å². The SMILES string of the molecule is O=C(CSc1ccc(S(=O)(=O)C(F)(F)F)cc1[N+](=O)[O-])OCC(F)(F)F. The molecule has 0 radical (unpaired) electrons. The highest BCUT2D eigenvalue weighted by Gasteiger charge is 2.47. The van der Waals surface area contributed by atoms with Crippen LogP contribution in [0.5, 0.6) is 0 Å². The Kier molecular flexibility index (Phi) is 6.51. The lowest BCUT2D eigenvalue weighted by atomic mass is 10.3. The molecular formula is C11H7F6NO6S2. The number of sulfone groups is 1. The van der Waals surface area contributed by atoms with Crippen molar-refractivity contribution in [3.05, 3.63) is 28.3 Å². The Labute approximate surface area is 145 Å². The Bertz CT molecular complexity index is 804. The van der Waals surface area contributed by atoms with Crippen molar-refractivity contribution in [2.75, 3.05) is 12.4 Å². The topological polar surface area (TPSA) is 104 Å². The molecule has 7 nitrogen and oxygen atoms in total. The Hall–Kier alpha value is -2.03. The van der Waals surface area contributed by atoms with Crippen LogP contribution in [-0.4, -0.2) is 43.4 Å². The largest absolute Gasteiger partial charge is 0.501 e. The van der Waals surface area contributed by atoms with Crippen molar-refractivity contribution in [1.29, 1.82) is 0 Å². The fourth-order valence-electron chi connectivity index (χ4n) is 1.40. The van der Waals surface area contributed by atoms with E-state index < -0.39 is 60.3 Å². The van der Waals surface area contributed by atoms with Gasteiger partial charge in [-0.1, -0.05) is 0 Å². The van der Waals surface area contributed by atoms with E-state index in [9.17, 15) is 49.7 Å². The highest BCUT2D eigenvalue weighted by Crippen LogP contribution is 2.36. The van der Waals surface area contributed by atoms with Crippen molar-refractivity contribution < 1.29 is 49.2 Å². The molecule has 0 saturated heterocycles. The van der Waals surface area contributed by atoms with Crippen LogP contribution >= 0.6 is 11.8 Å². The minimum absolute atomic E-state index is 0.145. The van der Waals surface area contributed by atoms with Gasteiger partial charge in [0, 0.05) is 6.07 Å². The number of alkyl halides is 6. The van der Waals surface area contributed by atoms with Crippen LogP contribution in [0.2, 0.25) is 0 Å². The first-order chi connectivity index (χ1) is 11.6. The molecule has 0 aromatic heterocycles. The van der Waals surface area contributed by atoms with Crippen LogP contribution in [-0.2, 0) is 19.4 Å². The van der Waals surface area contributed by atoms with Gasteiger partial charge in [-0.2, -0.15) is 26.3 Å². The molecule has 0 N–H and O–H groups in total. The molecule has 0 fully saturated rings. The van der Waals surface area contributed by atoms with Gasteiger partial charge in [0.1, 0.15) is 0 Å². The zero-order valence-electron chi connectivity index (χ0n) is 12.1. The smallest absolute Gasteiger partial charge is 0.455 e. The first-order valence-electron chi connectivity index (χ1n) is 6.10. The number of thioether (sulfide) groups is 1. The van der Waals surface area contributed by atoms with E-state index in [2.05, 4.69) is 4.74 Å². The first kappa shape index (κ1) is 22.0. The number of nitrogens with zero attached hydrogens (tertiary/aromatic N) is 1. The van der Waals surface area contributed by atoms with E-state index in [1.54, 1.807) is 0 Å². The van der Waals surface area contributed by atoms with Gasteiger partial charge in [0.25, 0.3) is 15.5 Å². The predicted octanol–water partition coefficient (Wildman–Crippen LogP) is 3.09. The van der Waals surface area contributed by atoms with Gasteiger partial charge in [-0.15, -0.1) is 11.8 Å². The second-order valence-electron chi connectivity index (χ2n) is 4.40. The number of rotatable bonds is 6. The number of carbonyl (C=O) groups is 1. The molecule has 0 aliphatic rings. The number of benzene rings is 1. The van der Waals surface area contributed by atoms with Gasteiger partial charge in [-0.25, -0.2) is 8.42 Å². The molecule has 0 aliphatic heterocycles. The molecule has 15 heteroatoms. The van der Waals surface area contributed by atoms with Crippen LogP contribution in [0, 0.1) is 10.1 Å². The summed E-state index contributed by atoms with van der Waals surface area (Å²) in [5.41, 5.74) is -6.75. The van der Waals surface area contributed by atoms with Crippen molar-refractivity contribution in [1.82, 2.24) is 0 Å². The molecule has 0 spiro atoms. The summed E-state index contributed by atoms with van der Waals surface area (Å²) >= 11 is 0.301. The highest BCUT2D eigenvalue weighted by atomic mass is 32.2. The van der Waals surface area contributed by atoms with Crippen molar-refractivity contribution in [3.8, 4) is 0 Å². The normalized spacial score (nSPS) is 12.7. The third-order valence-electron chi connectivity index (χ3n) is 2.48. The Morgan fingerprint density at radius 3 is 2.23 bits per heavy atom. The summed E-state index contributed by atoms with van der Waals surface area (Å²) in [5, 5.41) is 10.9. The van der Waals surface area contributed by atoms with Crippen LogP contribution in [0.3, 0.4) is 0 Å². The lowest BCUT2D eigenvalue weighted by molar-refractivity contribution is -0.388. The van der Waals surface area contributed by atoms with E-state index in [-0.39, 0.29) is 6.07 Å². The van der Waals surface area contributed by atoms with E-state index in [1.165, 1.54) is 0 Å². The summed E-state index contributed by atoms with van der Waals surface area (Å²) in [6, 6.07) is 1.21. The highest BCUT2D eigenvalue weighted by molar-refractivity contribution is 8.00. The fraction of sp³-hybridized carbons (Fsp3) is 0.364. The number of ether oxygens (including phenoxy) is 1. The third kappa shape index (κ3) is 5.76. The summed E-state index contributed by atoms with van der Waals surface area (Å²) in [4.78, 5) is 19.0. The molecular weight excluding hydrogens is 420 g/mol. The predicted molar refractivity (Wildman–Crippen MR) is 74.1 cm³/mol. The second-order valence-corrected chi connectivity index (χ2v) is 7.36. The Balaban J connectivity index is 3.01. The van der Waals surface area contributed by atoms with Gasteiger partial charge in [0.2, 0.25) is 0 Å². The van der Waals surface area contributed by atoms with Crippen LogP contribution < -0.4 is 0 Å². The van der Waals surface area contributed by atoms with Gasteiger partial charge in [0.05, 0.1) is 20.5 Å². The van der Waals surface area contributed by atoms with Crippen LogP contribution in [0.15, 0.2) is 28.0 Å². The van der Waals surface area contributed by atoms with E-state index in [1.807, 2.05) is 0 Å². The molecule has 0 heterocycles. The van der Waals surface area contributed by atoms with E-state index in [0.29, 0.717) is 23.9 Å². The van der Waals surface area contributed by atoms with Crippen molar-refractivity contribution in [2.45, 2.75) is 21.5 Å². The standard InChI is InChI=1S/C11H7F6NO6S2/c12-10(13,14)5-24-9(19)4-25-8-2-1-6(3-7(8)18(20)21)26(22,23)11(15,16)17/h1-3H,4-5H2. The van der Waals surface area contributed by atoms with E-state index in [0.717, 1.165) is 0 Å². The number of nitro groups is 1. The maximum absolute atomic E-state index is 12.5. The molecule has 1 rings (SSSR count). The molecule has 0 amide bonds. The number of carbonyl (C=O) groups excluding carboxylic acids is 1. The van der Waals surface area contributed by atoms with E-state index in [4.69, 9.17) is 0 Å². The maximum Gasteiger partial charge on any atom is 0.501 e. The van der Waals surface area contributed by atoms with Crippen LogP contribution in [0.25, 0.3) is 0 Å². The number of hydrogen-bond donors (Lipinski definition) is 0. The first-order valence-corrected chi connectivity index (χ1v) is 8.57.